The molecule has 1 heterocycles. The van der Waals surface area contributed by atoms with Gasteiger partial charge in [0.1, 0.15) is 5.78 Å². The van der Waals surface area contributed by atoms with Crippen LogP contribution < -0.4 is 4.74 Å². The quantitative estimate of drug-likeness (QED) is 0.750. The number of hydrogen-bond acceptors (Lipinski definition) is 4. The van der Waals surface area contributed by atoms with Gasteiger partial charge < -0.3 is 4.74 Å². The molecule has 1 aliphatic rings. The predicted molar refractivity (Wildman–Crippen MR) is 54.6 cm³/mol. The highest BCUT2D eigenvalue weighted by atomic mass is 16.5. The van der Waals surface area contributed by atoms with Gasteiger partial charge in [0.05, 0.1) is 12.8 Å². The highest BCUT2D eigenvalue weighted by Gasteiger charge is 2.24. The third-order valence-electron chi connectivity index (χ3n) is 2.79. The van der Waals surface area contributed by atoms with E-state index in [1.807, 2.05) is 6.07 Å². The average molecular weight is 206 g/mol. The maximum absolute atomic E-state index is 11.4. The molecule has 1 unspecified atom stereocenters. The molecule has 1 aliphatic carbocycles. The summed E-state index contributed by atoms with van der Waals surface area (Å²) in [6.45, 7) is 0. The topological polar surface area (TPSA) is 52.1 Å². The molecule has 0 N–H and O–H groups in total. The zero-order valence-electron chi connectivity index (χ0n) is 8.77. The van der Waals surface area contributed by atoms with Gasteiger partial charge in [-0.2, -0.15) is 5.10 Å². The van der Waals surface area contributed by atoms with Gasteiger partial charge in [0.2, 0.25) is 5.88 Å². The van der Waals surface area contributed by atoms with Crippen LogP contribution in [0.2, 0.25) is 0 Å². The number of carbonyl (C=O) groups excluding carboxylic acids is 1. The SMILES string of the molecule is COc1ccc(CC2CCCC2=O)nn1. The maximum Gasteiger partial charge on any atom is 0.233 e. The van der Waals surface area contributed by atoms with Crippen molar-refractivity contribution in [2.75, 3.05) is 7.11 Å². The first-order chi connectivity index (χ1) is 7.29. The number of rotatable bonds is 3. The van der Waals surface area contributed by atoms with Gasteiger partial charge in [-0.25, -0.2) is 0 Å². The summed E-state index contributed by atoms with van der Waals surface area (Å²) in [5, 5.41) is 7.90. The van der Waals surface area contributed by atoms with E-state index in [9.17, 15) is 4.79 Å². The van der Waals surface area contributed by atoms with Crippen molar-refractivity contribution in [2.45, 2.75) is 25.7 Å². The van der Waals surface area contributed by atoms with Gasteiger partial charge in [-0.15, -0.1) is 5.10 Å². The first kappa shape index (κ1) is 10.1. The number of ketones is 1. The monoisotopic (exact) mass is 206 g/mol. The molecule has 0 bridgehead atoms. The summed E-state index contributed by atoms with van der Waals surface area (Å²) in [4.78, 5) is 11.4. The third kappa shape index (κ3) is 2.32. The Kier molecular flexibility index (Phi) is 2.94. The van der Waals surface area contributed by atoms with Crippen LogP contribution in [0.25, 0.3) is 0 Å². The van der Waals surface area contributed by atoms with Gasteiger partial charge in [0.15, 0.2) is 0 Å². The van der Waals surface area contributed by atoms with E-state index in [4.69, 9.17) is 4.74 Å². The van der Waals surface area contributed by atoms with Gasteiger partial charge in [0.25, 0.3) is 0 Å². The molecule has 1 aromatic rings. The van der Waals surface area contributed by atoms with Crippen molar-refractivity contribution in [2.24, 2.45) is 5.92 Å². The largest absolute Gasteiger partial charge is 0.480 e. The molecule has 0 aliphatic heterocycles. The summed E-state index contributed by atoms with van der Waals surface area (Å²) < 4.78 is 4.92. The summed E-state index contributed by atoms with van der Waals surface area (Å²) in [6.07, 6.45) is 3.46. The standard InChI is InChI=1S/C11H14N2O2/c1-15-11-6-5-9(12-13-11)7-8-3-2-4-10(8)14/h5-6,8H,2-4,7H2,1H3. The molecule has 1 saturated carbocycles. The summed E-state index contributed by atoms with van der Waals surface area (Å²) in [7, 11) is 1.56. The van der Waals surface area contributed by atoms with Crippen LogP contribution in [0.5, 0.6) is 5.88 Å². The Balaban J connectivity index is 2.01. The zero-order valence-corrected chi connectivity index (χ0v) is 8.77. The van der Waals surface area contributed by atoms with E-state index < -0.39 is 0 Å². The Hall–Kier alpha value is -1.45. The molecule has 0 radical (unpaired) electrons. The number of aromatic nitrogens is 2. The summed E-state index contributed by atoms with van der Waals surface area (Å²) in [6, 6.07) is 3.65. The predicted octanol–water partition coefficient (Wildman–Crippen LogP) is 1.40. The second-order valence-electron chi connectivity index (χ2n) is 3.83. The molecule has 0 saturated heterocycles. The van der Waals surface area contributed by atoms with Gasteiger partial charge in [-0.1, -0.05) is 0 Å². The smallest absolute Gasteiger partial charge is 0.233 e. The van der Waals surface area contributed by atoms with Crippen LogP contribution in [0, 0.1) is 5.92 Å². The van der Waals surface area contributed by atoms with Crippen LogP contribution in [0.3, 0.4) is 0 Å². The van der Waals surface area contributed by atoms with Crippen molar-refractivity contribution < 1.29 is 9.53 Å². The fraction of sp³-hybridized carbons (Fsp3) is 0.545. The van der Waals surface area contributed by atoms with Crippen molar-refractivity contribution in [3.63, 3.8) is 0 Å². The molecule has 1 aromatic heterocycles. The summed E-state index contributed by atoms with van der Waals surface area (Å²) >= 11 is 0. The molecule has 15 heavy (non-hydrogen) atoms. The first-order valence-electron chi connectivity index (χ1n) is 5.19. The highest BCUT2D eigenvalue weighted by molar-refractivity contribution is 5.83. The minimum absolute atomic E-state index is 0.160. The molecular formula is C11H14N2O2. The van der Waals surface area contributed by atoms with E-state index in [-0.39, 0.29) is 5.92 Å². The molecule has 0 amide bonds. The van der Waals surface area contributed by atoms with Crippen LogP contribution in [-0.4, -0.2) is 23.1 Å². The third-order valence-corrected chi connectivity index (χ3v) is 2.79. The lowest BCUT2D eigenvalue weighted by molar-refractivity contribution is -0.120. The molecule has 4 nitrogen and oxygen atoms in total. The Morgan fingerprint density at radius 2 is 2.33 bits per heavy atom. The zero-order chi connectivity index (χ0) is 10.7. The van der Waals surface area contributed by atoms with Crippen LogP contribution in [0.15, 0.2) is 12.1 Å². The fourth-order valence-electron chi connectivity index (χ4n) is 1.92. The first-order valence-corrected chi connectivity index (χ1v) is 5.19. The Bertz CT molecular complexity index is 348. The number of carbonyl (C=O) groups is 1. The van der Waals surface area contributed by atoms with Crippen molar-refractivity contribution in [3.05, 3.63) is 17.8 Å². The number of hydrogen-bond donors (Lipinski definition) is 0. The lowest BCUT2D eigenvalue weighted by atomic mass is 10.0. The molecule has 1 atom stereocenters. The number of Topliss-reactive ketones (excluding diaryl/α,β-unsaturated/α-hetero) is 1. The number of ether oxygens (including phenoxy) is 1. The van der Waals surface area contributed by atoms with E-state index in [0.717, 1.165) is 31.4 Å². The molecular weight excluding hydrogens is 192 g/mol. The van der Waals surface area contributed by atoms with Crippen LogP contribution in [-0.2, 0) is 11.2 Å². The van der Waals surface area contributed by atoms with E-state index in [2.05, 4.69) is 10.2 Å². The minimum Gasteiger partial charge on any atom is -0.480 e. The molecule has 4 heteroatoms. The van der Waals surface area contributed by atoms with Crippen LogP contribution >= 0.6 is 0 Å². The van der Waals surface area contributed by atoms with E-state index >= 15 is 0 Å². The van der Waals surface area contributed by atoms with Crippen LogP contribution in [0.1, 0.15) is 25.0 Å². The highest BCUT2D eigenvalue weighted by Crippen LogP contribution is 2.24. The van der Waals surface area contributed by atoms with Crippen LogP contribution in [0.4, 0.5) is 0 Å². The average Bonchev–Trinajstić information content (AvgIpc) is 2.66. The van der Waals surface area contributed by atoms with E-state index in [1.165, 1.54) is 0 Å². The normalized spacial score (nSPS) is 20.6. The Labute approximate surface area is 88.7 Å². The summed E-state index contributed by atoms with van der Waals surface area (Å²) in [5.74, 6) is 1.04. The molecule has 1 fully saturated rings. The minimum atomic E-state index is 0.160. The Morgan fingerprint density at radius 1 is 1.47 bits per heavy atom. The second kappa shape index (κ2) is 4.38. The van der Waals surface area contributed by atoms with Gasteiger partial charge in [0, 0.05) is 24.8 Å². The molecule has 0 spiro atoms. The fourth-order valence-corrected chi connectivity index (χ4v) is 1.92. The van der Waals surface area contributed by atoms with Crippen molar-refractivity contribution in [1.82, 2.24) is 10.2 Å². The van der Waals surface area contributed by atoms with Crippen molar-refractivity contribution in [3.8, 4) is 5.88 Å². The Morgan fingerprint density at radius 3 is 2.87 bits per heavy atom. The van der Waals surface area contributed by atoms with E-state index in [1.54, 1.807) is 13.2 Å². The van der Waals surface area contributed by atoms with Gasteiger partial charge in [-0.05, 0) is 18.9 Å². The van der Waals surface area contributed by atoms with E-state index in [0.29, 0.717) is 11.7 Å². The molecule has 2 rings (SSSR count). The second-order valence-corrected chi connectivity index (χ2v) is 3.83. The number of nitrogens with zero attached hydrogens (tertiary/aromatic N) is 2. The van der Waals surface area contributed by atoms with Crippen molar-refractivity contribution >= 4 is 5.78 Å². The lowest BCUT2D eigenvalue weighted by Gasteiger charge is -2.06. The maximum atomic E-state index is 11.4. The lowest BCUT2D eigenvalue weighted by Crippen LogP contribution is -2.11. The van der Waals surface area contributed by atoms with Gasteiger partial charge >= 0.3 is 0 Å². The molecule has 0 aromatic carbocycles. The van der Waals surface area contributed by atoms with Crippen molar-refractivity contribution in [1.29, 1.82) is 0 Å². The molecule has 80 valence electrons. The number of methoxy groups -OCH3 is 1. The summed E-state index contributed by atoms with van der Waals surface area (Å²) in [5.41, 5.74) is 0.871. The van der Waals surface area contributed by atoms with Gasteiger partial charge in [-0.3, -0.25) is 4.79 Å².